The molecule has 3 heterocycles. The van der Waals surface area contributed by atoms with Gasteiger partial charge in [-0.25, -0.2) is 0 Å². The Kier molecular flexibility index (Phi) is 4.47. The first kappa shape index (κ1) is 16.5. The Hall–Kier alpha value is -1.93. The van der Waals surface area contributed by atoms with Gasteiger partial charge in [0, 0.05) is 43.5 Å². The second-order valence-corrected chi connectivity index (χ2v) is 7.50. The minimum absolute atomic E-state index is 0.114. The molecule has 1 fully saturated rings. The quantitative estimate of drug-likeness (QED) is 0.569. The molecule has 3 aromatic rings. The van der Waals surface area contributed by atoms with Gasteiger partial charge in [-0.2, -0.15) is 0 Å². The number of hydrogen-bond acceptors (Lipinski definition) is 3. The average molecular weight is 446 g/mol. The third-order valence-electron chi connectivity index (χ3n) is 4.71. The highest BCUT2D eigenvalue weighted by Gasteiger charge is 2.20. The number of halogens is 1. The molecule has 5 nitrogen and oxygen atoms in total. The Bertz CT molecular complexity index is 911. The Morgan fingerprint density at radius 3 is 2.48 bits per heavy atom. The van der Waals surface area contributed by atoms with Crippen LogP contribution >= 0.6 is 22.6 Å². The second kappa shape index (κ2) is 6.76. The van der Waals surface area contributed by atoms with Crippen LogP contribution in [-0.4, -0.2) is 58.3 Å². The maximum Gasteiger partial charge on any atom is 0.253 e. The van der Waals surface area contributed by atoms with Gasteiger partial charge in [0.2, 0.25) is 0 Å². The summed E-state index contributed by atoms with van der Waals surface area (Å²) in [5.74, 6) is 0.114. The summed E-state index contributed by atoms with van der Waals surface area (Å²) in [4.78, 5) is 21.3. The predicted molar refractivity (Wildman–Crippen MR) is 107 cm³/mol. The summed E-state index contributed by atoms with van der Waals surface area (Å²) in [6, 6.07) is 11.9. The van der Waals surface area contributed by atoms with Gasteiger partial charge in [-0.05, 0) is 53.9 Å². The number of benzene rings is 1. The van der Waals surface area contributed by atoms with Gasteiger partial charge in [-0.3, -0.25) is 9.78 Å². The highest BCUT2D eigenvalue weighted by molar-refractivity contribution is 14.1. The Balaban J connectivity index is 1.56. The molecule has 0 saturated carbocycles. The summed E-state index contributed by atoms with van der Waals surface area (Å²) in [5.41, 5.74) is 3.74. The molecule has 2 aromatic heterocycles. The van der Waals surface area contributed by atoms with Crippen molar-refractivity contribution in [2.45, 2.75) is 0 Å². The molecule has 0 radical (unpaired) electrons. The second-order valence-electron chi connectivity index (χ2n) is 6.40. The molecule has 1 aliphatic rings. The molecule has 1 aromatic carbocycles. The van der Waals surface area contributed by atoms with E-state index in [-0.39, 0.29) is 5.91 Å². The Morgan fingerprint density at radius 2 is 1.76 bits per heavy atom. The van der Waals surface area contributed by atoms with Crippen molar-refractivity contribution in [2.24, 2.45) is 0 Å². The van der Waals surface area contributed by atoms with Crippen LogP contribution in [0.1, 0.15) is 10.4 Å². The van der Waals surface area contributed by atoms with Crippen molar-refractivity contribution >= 4 is 34.0 Å². The molecule has 6 heteroatoms. The molecule has 0 unspecified atom stereocenters. The van der Waals surface area contributed by atoms with Crippen molar-refractivity contribution in [3.8, 4) is 11.3 Å². The van der Waals surface area contributed by atoms with E-state index < -0.39 is 0 Å². The molecule has 0 N–H and O–H groups in total. The third-order valence-corrected chi connectivity index (χ3v) is 5.58. The molecule has 0 aliphatic carbocycles. The van der Waals surface area contributed by atoms with Crippen molar-refractivity contribution in [3.05, 3.63) is 58.1 Å². The predicted octanol–water partition coefficient (Wildman–Crippen LogP) is 2.99. The lowest BCUT2D eigenvalue weighted by molar-refractivity contribution is 0.0664. The molecule has 1 amide bonds. The summed E-state index contributed by atoms with van der Waals surface area (Å²) in [6.45, 7) is 3.45. The number of hydrogen-bond donors (Lipinski definition) is 0. The van der Waals surface area contributed by atoms with Crippen LogP contribution in [0.15, 0.2) is 48.8 Å². The highest BCUT2D eigenvalue weighted by atomic mass is 127. The van der Waals surface area contributed by atoms with E-state index >= 15 is 0 Å². The van der Waals surface area contributed by atoms with Crippen molar-refractivity contribution in [1.82, 2.24) is 19.2 Å². The first-order valence-corrected chi connectivity index (χ1v) is 9.40. The topological polar surface area (TPSA) is 40.9 Å². The minimum Gasteiger partial charge on any atom is -0.336 e. The zero-order chi connectivity index (χ0) is 17.4. The van der Waals surface area contributed by atoms with Gasteiger partial charge in [-0.15, -0.1) is 0 Å². The van der Waals surface area contributed by atoms with Crippen LogP contribution in [0, 0.1) is 3.70 Å². The van der Waals surface area contributed by atoms with Gasteiger partial charge in [0.25, 0.3) is 5.91 Å². The summed E-state index contributed by atoms with van der Waals surface area (Å²) >= 11 is 2.31. The SMILES string of the molecule is CN1CCN(C(=O)c2ccc(-c3cn4c(I)ccc4cn3)cc2)CC1. The van der Waals surface area contributed by atoms with Gasteiger partial charge in [-0.1, -0.05) is 12.1 Å². The largest absolute Gasteiger partial charge is 0.336 e. The standard InChI is InChI=1S/C19H19IN4O/c1-22-8-10-23(11-9-22)19(25)15-4-2-14(3-5-15)17-13-24-16(12-21-17)6-7-18(24)20/h2-7,12-13H,8-11H2,1H3. The molecule has 25 heavy (non-hydrogen) atoms. The molecular formula is C19H19IN4O. The fraction of sp³-hybridized carbons (Fsp3) is 0.263. The molecular weight excluding hydrogens is 427 g/mol. The number of carbonyl (C=O) groups excluding carboxylic acids is 1. The Morgan fingerprint density at radius 1 is 1.04 bits per heavy atom. The fourth-order valence-corrected chi connectivity index (χ4v) is 3.69. The maximum atomic E-state index is 12.6. The maximum absolute atomic E-state index is 12.6. The van der Waals surface area contributed by atoms with E-state index in [1.807, 2.05) is 41.6 Å². The summed E-state index contributed by atoms with van der Waals surface area (Å²) in [5, 5.41) is 0. The van der Waals surface area contributed by atoms with E-state index in [9.17, 15) is 4.79 Å². The molecule has 4 rings (SSSR count). The van der Waals surface area contributed by atoms with Gasteiger partial charge < -0.3 is 14.2 Å². The first-order chi connectivity index (χ1) is 12.1. The van der Waals surface area contributed by atoms with Crippen molar-refractivity contribution in [1.29, 1.82) is 0 Å². The number of aromatic nitrogens is 2. The lowest BCUT2D eigenvalue weighted by Gasteiger charge is -2.32. The van der Waals surface area contributed by atoms with E-state index in [1.165, 1.54) is 0 Å². The molecule has 0 spiro atoms. The Labute approximate surface area is 160 Å². The van der Waals surface area contributed by atoms with Crippen molar-refractivity contribution < 1.29 is 4.79 Å². The molecule has 0 atom stereocenters. The van der Waals surface area contributed by atoms with Crippen LogP contribution in [0.2, 0.25) is 0 Å². The van der Waals surface area contributed by atoms with Crippen LogP contribution < -0.4 is 0 Å². The van der Waals surface area contributed by atoms with E-state index in [4.69, 9.17) is 0 Å². The summed E-state index contributed by atoms with van der Waals surface area (Å²) in [7, 11) is 2.09. The molecule has 128 valence electrons. The number of nitrogens with zero attached hydrogens (tertiary/aromatic N) is 4. The number of carbonyl (C=O) groups is 1. The van der Waals surface area contributed by atoms with Crippen LogP contribution in [0.5, 0.6) is 0 Å². The van der Waals surface area contributed by atoms with Crippen molar-refractivity contribution in [2.75, 3.05) is 33.2 Å². The van der Waals surface area contributed by atoms with Crippen molar-refractivity contribution in [3.63, 3.8) is 0 Å². The summed E-state index contributed by atoms with van der Waals surface area (Å²) < 4.78 is 3.27. The first-order valence-electron chi connectivity index (χ1n) is 8.33. The normalized spacial score (nSPS) is 15.7. The van der Waals surface area contributed by atoms with Gasteiger partial charge in [0.15, 0.2) is 0 Å². The third kappa shape index (κ3) is 3.28. The van der Waals surface area contributed by atoms with Gasteiger partial charge in [0.05, 0.1) is 21.1 Å². The molecule has 0 bridgehead atoms. The van der Waals surface area contributed by atoms with Crippen LogP contribution in [0.25, 0.3) is 16.8 Å². The van der Waals surface area contributed by atoms with Gasteiger partial charge >= 0.3 is 0 Å². The average Bonchev–Trinajstić information content (AvgIpc) is 3.02. The minimum atomic E-state index is 0.114. The highest BCUT2D eigenvalue weighted by Crippen LogP contribution is 2.21. The number of piperazine rings is 1. The lowest BCUT2D eigenvalue weighted by Crippen LogP contribution is -2.47. The number of rotatable bonds is 2. The zero-order valence-electron chi connectivity index (χ0n) is 14.0. The molecule has 1 aliphatic heterocycles. The van der Waals surface area contributed by atoms with E-state index in [0.717, 1.165) is 52.2 Å². The monoisotopic (exact) mass is 446 g/mol. The molecule has 1 saturated heterocycles. The van der Waals surface area contributed by atoms with E-state index in [0.29, 0.717) is 0 Å². The lowest BCUT2D eigenvalue weighted by atomic mass is 10.1. The van der Waals surface area contributed by atoms with Crippen LogP contribution in [0.3, 0.4) is 0 Å². The smallest absolute Gasteiger partial charge is 0.253 e. The van der Waals surface area contributed by atoms with E-state index in [1.54, 1.807) is 0 Å². The van der Waals surface area contributed by atoms with Crippen LogP contribution in [-0.2, 0) is 0 Å². The number of likely N-dealkylation sites (N-methyl/N-ethyl adjacent to an activating group) is 1. The van der Waals surface area contributed by atoms with Crippen LogP contribution in [0.4, 0.5) is 0 Å². The zero-order valence-corrected chi connectivity index (χ0v) is 16.2. The van der Waals surface area contributed by atoms with E-state index in [2.05, 4.69) is 56.1 Å². The van der Waals surface area contributed by atoms with Gasteiger partial charge in [0.1, 0.15) is 0 Å². The number of amides is 1. The fourth-order valence-electron chi connectivity index (χ4n) is 3.10. The number of fused-ring (bicyclic) bond motifs is 1. The summed E-state index contributed by atoms with van der Waals surface area (Å²) in [6.07, 6.45) is 3.91.